The summed E-state index contributed by atoms with van der Waals surface area (Å²) in [7, 11) is 0. The zero-order chi connectivity index (χ0) is 19.0. The van der Waals surface area contributed by atoms with Gasteiger partial charge in [0, 0.05) is 16.7 Å². The highest BCUT2D eigenvalue weighted by molar-refractivity contribution is 7.99. The van der Waals surface area contributed by atoms with Crippen molar-refractivity contribution in [3.8, 4) is 11.3 Å². The van der Waals surface area contributed by atoms with E-state index in [1.807, 2.05) is 60.0 Å². The number of alkyl halides is 3. The fourth-order valence-corrected chi connectivity index (χ4v) is 3.89. The zero-order valence-corrected chi connectivity index (χ0v) is 15.2. The highest BCUT2D eigenvalue weighted by Crippen LogP contribution is 2.38. The molecule has 0 saturated carbocycles. The van der Waals surface area contributed by atoms with E-state index in [0.29, 0.717) is 0 Å². The lowest BCUT2D eigenvalue weighted by molar-refractivity contribution is -0.137. The van der Waals surface area contributed by atoms with Crippen LogP contribution in [0.15, 0.2) is 82.8 Å². The molecule has 2 heterocycles. The van der Waals surface area contributed by atoms with Gasteiger partial charge in [0.25, 0.3) is 0 Å². The number of fused-ring (bicyclic) bond motifs is 1. The fraction of sp³-hybridized carbons (Fsp3) is 0.0952. The number of nitrogens with zero attached hydrogens (tertiary/aromatic N) is 2. The number of hydrogen-bond donors (Lipinski definition) is 0. The Morgan fingerprint density at radius 1 is 0.889 bits per heavy atom. The van der Waals surface area contributed by atoms with Gasteiger partial charge in [-0.05, 0) is 42.8 Å². The van der Waals surface area contributed by atoms with Gasteiger partial charge in [-0.3, -0.25) is 4.40 Å². The Kier molecular flexibility index (Phi) is 4.44. The molecule has 2 nitrogen and oxygen atoms in total. The summed E-state index contributed by atoms with van der Waals surface area (Å²) >= 11 is 1.41. The van der Waals surface area contributed by atoms with Crippen LogP contribution in [0, 0.1) is 6.92 Å². The quantitative estimate of drug-likeness (QED) is 0.402. The normalized spacial score (nSPS) is 11.9. The van der Waals surface area contributed by atoms with Crippen molar-refractivity contribution in [1.29, 1.82) is 0 Å². The molecule has 4 aromatic rings. The number of imidazole rings is 1. The third kappa shape index (κ3) is 3.45. The molecule has 0 spiro atoms. The van der Waals surface area contributed by atoms with Crippen LogP contribution in [0.5, 0.6) is 0 Å². The van der Waals surface area contributed by atoms with Crippen molar-refractivity contribution in [3.05, 3.63) is 84.1 Å². The molecule has 4 rings (SSSR count). The molecule has 0 atom stereocenters. The minimum absolute atomic E-state index is 0.649. The standard InChI is InChI=1S/C21H15F3N2S/c1-14-6-5-13-26-19(14)25-18(15-7-3-2-4-8-15)20(26)27-17-11-9-16(10-12-17)21(22,23)24/h2-13H,1H3. The Morgan fingerprint density at radius 3 is 2.26 bits per heavy atom. The van der Waals surface area contributed by atoms with E-state index in [9.17, 15) is 13.2 Å². The molecule has 0 aliphatic carbocycles. The lowest BCUT2D eigenvalue weighted by atomic mass is 10.2. The van der Waals surface area contributed by atoms with Crippen molar-refractivity contribution < 1.29 is 13.2 Å². The molecule has 0 saturated heterocycles. The van der Waals surface area contributed by atoms with Crippen LogP contribution in [0.4, 0.5) is 13.2 Å². The first-order valence-corrected chi connectivity index (χ1v) is 9.13. The van der Waals surface area contributed by atoms with Gasteiger partial charge in [-0.1, -0.05) is 48.2 Å². The van der Waals surface area contributed by atoms with Gasteiger partial charge in [0.2, 0.25) is 0 Å². The molecule has 0 amide bonds. The van der Waals surface area contributed by atoms with Gasteiger partial charge in [0.1, 0.15) is 16.4 Å². The molecule has 136 valence electrons. The minimum Gasteiger partial charge on any atom is -0.294 e. The van der Waals surface area contributed by atoms with Crippen molar-refractivity contribution in [3.63, 3.8) is 0 Å². The van der Waals surface area contributed by atoms with Gasteiger partial charge in [-0.2, -0.15) is 13.2 Å². The molecule has 0 radical (unpaired) electrons. The first-order chi connectivity index (χ1) is 12.9. The smallest absolute Gasteiger partial charge is 0.294 e. The first-order valence-electron chi connectivity index (χ1n) is 8.32. The van der Waals surface area contributed by atoms with Crippen LogP contribution in [-0.2, 0) is 6.18 Å². The highest BCUT2D eigenvalue weighted by atomic mass is 32.2. The summed E-state index contributed by atoms with van der Waals surface area (Å²) in [5, 5.41) is 0.875. The molecular weight excluding hydrogens is 369 g/mol. The van der Waals surface area contributed by atoms with Crippen LogP contribution in [0.25, 0.3) is 16.9 Å². The number of aromatic nitrogens is 2. The van der Waals surface area contributed by atoms with E-state index < -0.39 is 11.7 Å². The Hall–Kier alpha value is -2.73. The number of aryl methyl sites for hydroxylation is 1. The lowest BCUT2D eigenvalue weighted by Gasteiger charge is -2.08. The number of rotatable bonds is 3. The van der Waals surface area contributed by atoms with Crippen LogP contribution < -0.4 is 0 Å². The predicted octanol–water partition coefficient (Wildman–Crippen LogP) is 6.48. The molecule has 6 heteroatoms. The van der Waals surface area contributed by atoms with Crippen LogP contribution >= 0.6 is 11.8 Å². The van der Waals surface area contributed by atoms with Gasteiger partial charge < -0.3 is 0 Å². The minimum atomic E-state index is -4.33. The van der Waals surface area contributed by atoms with Crippen LogP contribution in [0.3, 0.4) is 0 Å². The average molecular weight is 384 g/mol. The molecular formula is C21H15F3N2S. The number of pyridine rings is 1. The Labute approximate surface area is 158 Å². The third-order valence-electron chi connectivity index (χ3n) is 4.24. The maximum atomic E-state index is 12.8. The maximum Gasteiger partial charge on any atom is 0.416 e. The van der Waals surface area contributed by atoms with E-state index in [4.69, 9.17) is 4.98 Å². The summed E-state index contributed by atoms with van der Waals surface area (Å²) < 4.78 is 40.4. The Balaban J connectivity index is 1.82. The van der Waals surface area contributed by atoms with Gasteiger partial charge in [-0.25, -0.2) is 4.98 Å². The van der Waals surface area contributed by atoms with E-state index in [1.54, 1.807) is 0 Å². The Morgan fingerprint density at radius 2 is 1.59 bits per heavy atom. The largest absolute Gasteiger partial charge is 0.416 e. The molecule has 0 unspecified atom stereocenters. The molecule has 0 bridgehead atoms. The SMILES string of the molecule is Cc1cccn2c(Sc3ccc(C(F)(F)F)cc3)c(-c3ccccc3)nc12. The molecule has 0 aliphatic rings. The third-order valence-corrected chi connectivity index (χ3v) is 5.34. The summed E-state index contributed by atoms with van der Waals surface area (Å²) in [4.78, 5) is 5.52. The van der Waals surface area contributed by atoms with Crippen molar-refractivity contribution in [2.24, 2.45) is 0 Å². The number of halogens is 3. The maximum absolute atomic E-state index is 12.8. The monoisotopic (exact) mass is 384 g/mol. The highest BCUT2D eigenvalue weighted by Gasteiger charge is 2.30. The summed E-state index contributed by atoms with van der Waals surface area (Å²) in [5.41, 5.74) is 3.01. The van der Waals surface area contributed by atoms with Crippen LogP contribution in [0.2, 0.25) is 0 Å². The van der Waals surface area contributed by atoms with Crippen molar-refractivity contribution >= 4 is 17.4 Å². The van der Waals surface area contributed by atoms with Gasteiger partial charge in [0.05, 0.1) is 5.56 Å². The second-order valence-electron chi connectivity index (χ2n) is 6.14. The fourth-order valence-electron chi connectivity index (χ4n) is 2.89. The van der Waals surface area contributed by atoms with Crippen LogP contribution in [-0.4, -0.2) is 9.38 Å². The summed E-state index contributed by atoms with van der Waals surface area (Å²) in [6, 6.07) is 18.9. The van der Waals surface area contributed by atoms with E-state index in [1.165, 1.54) is 23.9 Å². The first kappa shape index (κ1) is 17.7. The molecule has 27 heavy (non-hydrogen) atoms. The van der Waals surface area contributed by atoms with E-state index in [2.05, 4.69) is 0 Å². The number of benzene rings is 2. The predicted molar refractivity (Wildman–Crippen MR) is 101 cm³/mol. The number of hydrogen-bond acceptors (Lipinski definition) is 2. The summed E-state index contributed by atoms with van der Waals surface area (Å²) in [6.45, 7) is 1.99. The molecule has 0 aliphatic heterocycles. The van der Waals surface area contributed by atoms with E-state index >= 15 is 0 Å². The van der Waals surface area contributed by atoms with Crippen molar-refractivity contribution in [1.82, 2.24) is 9.38 Å². The van der Waals surface area contributed by atoms with Gasteiger partial charge in [-0.15, -0.1) is 0 Å². The second kappa shape index (κ2) is 6.78. The second-order valence-corrected chi connectivity index (χ2v) is 7.20. The topological polar surface area (TPSA) is 17.3 Å². The van der Waals surface area contributed by atoms with E-state index in [0.717, 1.165) is 44.5 Å². The molecule has 2 aromatic carbocycles. The van der Waals surface area contributed by atoms with E-state index in [-0.39, 0.29) is 0 Å². The molecule has 0 fully saturated rings. The average Bonchev–Trinajstić information content (AvgIpc) is 3.02. The summed E-state index contributed by atoms with van der Waals surface area (Å²) in [5.74, 6) is 0. The van der Waals surface area contributed by atoms with Gasteiger partial charge >= 0.3 is 6.18 Å². The molecule has 2 aromatic heterocycles. The van der Waals surface area contributed by atoms with Crippen LogP contribution in [0.1, 0.15) is 11.1 Å². The Bertz CT molecular complexity index is 1080. The molecule has 0 N–H and O–H groups in total. The lowest BCUT2D eigenvalue weighted by Crippen LogP contribution is -2.03. The summed E-state index contributed by atoms with van der Waals surface area (Å²) in [6.07, 6.45) is -2.41. The van der Waals surface area contributed by atoms with Gasteiger partial charge in [0.15, 0.2) is 0 Å². The van der Waals surface area contributed by atoms with Crippen molar-refractivity contribution in [2.75, 3.05) is 0 Å². The van der Waals surface area contributed by atoms with Crippen molar-refractivity contribution in [2.45, 2.75) is 23.0 Å². The zero-order valence-electron chi connectivity index (χ0n) is 14.4.